The molecule has 0 saturated carbocycles. The van der Waals surface area contributed by atoms with Crippen molar-refractivity contribution in [2.75, 3.05) is 20.2 Å². The average molecular weight is 352 g/mol. The van der Waals surface area contributed by atoms with E-state index in [1.54, 1.807) is 19.2 Å². The molecule has 2 aliphatic heterocycles. The van der Waals surface area contributed by atoms with Crippen LogP contribution in [0.1, 0.15) is 19.4 Å². The van der Waals surface area contributed by atoms with E-state index in [0.717, 1.165) is 11.1 Å². The molecule has 0 amide bonds. The monoisotopic (exact) mass is 351 g/mol. The van der Waals surface area contributed by atoms with Crippen LogP contribution < -0.4 is 4.74 Å². The predicted octanol–water partition coefficient (Wildman–Crippen LogP) is 5.19. The van der Waals surface area contributed by atoms with Gasteiger partial charge in [-0.25, -0.2) is 0 Å². The summed E-state index contributed by atoms with van der Waals surface area (Å²) in [6.07, 6.45) is 7.73. The third-order valence-electron chi connectivity index (χ3n) is 4.05. The predicted molar refractivity (Wildman–Crippen MR) is 95.4 cm³/mol. The zero-order chi connectivity index (χ0) is 16.8. The molecule has 0 fully saturated rings. The van der Waals surface area contributed by atoms with E-state index in [1.165, 1.54) is 0 Å². The second-order valence-electron chi connectivity index (χ2n) is 6.86. The first-order chi connectivity index (χ1) is 10.7. The van der Waals surface area contributed by atoms with Crippen LogP contribution >= 0.6 is 23.2 Å². The minimum absolute atomic E-state index is 0.230. The molecule has 0 N–H and O–H groups in total. The Morgan fingerprint density at radius 2 is 2.00 bits per heavy atom. The molecule has 1 aromatic carbocycles. The highest BCUT2D eigenvalue weighted by Gasteiger charge is 2.32. The van der Waals surface area contributed by atoms with Crippen molar-refractivity contribution in [2.45, 2.75) is 13.8 Å². The number of likely N-dealkylation sites (N-methyl/N-ethyl adjacent to an activating group) is 1. The Bertz CT molecular complexity index is 746. The number of rotatable bonds is 1. The largest absolute Gasteiger partial charge is 0.627 e. The zero-order valence-electron chi connectivity index (χ0n) is 13.4. The van der Waals surface area contributed by atoms with Crippen molar-refractivity contribution in [3.05, 3.63) is 62.9 Å². The highest BCUT2D eigenvalue weighted by atomic mass is 35.5. The molecule has 3 nitrogen and oxygen atoms in total. The normalized spacial score (nSPS) is 25.8. The minimum Gasteiger partial charge on any atom is -0.627 e. The molecule has 3 rings (SSSR count). The molecule has 2 heterocycles. The van der Waals surface area contributed by atoms with E-state index < -0.39 is 4.65 Å². The maximum atomic E-state index is 12.9. The summed E-state index contributed by atoms with van der Waals surface area (Å²) in [5.41, 5.74) is 2.01. The third kappa shape index (κ3) is 3.20. The maximum Gasteiger partial charge on any atom is 0.140 e. The van der Waals surface area contributed by atoms with E-state index in [-0.39, 0.29) is 5.41 Å². The molecule has 0 saturated heterocycles. The summed E-state index contributed by atoms with van der Waals surface area (Å²) in [6, 6.07) is 3.44. The van der Waals surface area contributed by atoms with E-state index in [0.29, 0.717) is 34.6 Å². The van der Waals surface area contributed by atoms with Crippen LogP contribution in [0.15, 0.2) is 42.1 Å². The fraction of sp³-hybridized carbons (Fsp3) is 0.333. The van der Waals surface area contributed by atoms with Crippen LogP contribution in [-0.4, -0.2) is 24.8 Å². The van der Waals surface area contributed by atoms with E-state index in [4.69, 9.17) is 27.9 Å². The topological polar surface area (TPSA) is 32.3 Å². The quantitative estimate of drug-likeness (QED) is 0.514. The van der Waals surface area contributed by atoms with E-state index >= 15 is 0 Å². The van der Waals surface area contributed by atoms with Gasteiger partial charge in [-0.1, -0.05) is 49.2 Å². The van der Waals surface area contributed by atoms with Crippen LogP contribution in [0, 0.1) is 10.6 Å². The molecule has 5 heteroatoms. The highest BCUT2D eigenvalue weighted by molar-refractivity contribution is 6.36. The first kappa shape index (κ1) is 16.6. The fourth-order valence-electron chi connectivity index (χ4n) is 2.92. The minimum atomic E-state index is -0.475. The van der Waals surface area contributed by atoms with Crippen LogP contribution in [-0.2, 0) is 0 Å². The second-order valence-corrected chi connectivity index (χ2v) is 7.70. The van der Waals surface area contributed by atoms with Crippen molar-refractivity contribution >= 4 is 28.8 Å². The summed E-state index contributed by atoms with van der Waals surface area (Å²) in [4.78, 5) is 0. The molecule has 0 aliphatic carbocycles. The third-order valence-corrected chi connectivity index (χ3v) is 4.57. The molecule has 23 heavy (non-hydrogen) atoms. The standard InChI is InChI=1S/C18H19Cl2NO2/c1-18(2)10-13(15-6-4-5-7-21(15,3)22)17-14(20)8-12(19)9-16(17)23-11-18/h4-6,8-10H,7,11H2,1-3H3. The van der Waals surface area contributed by atoms with Gasteiger partial charge in [0.15, 0.2) is 0 Å². The number of quaternary nitrogens is 1. The van der Waals surface area contributed by atoms with Gasteiger partial charge in [-0.3, -0.25) is 0 Å². The lowest BCUT2D eigenvalue weighted by molar-refractivity contribution is -0.811. The molecule has 1 unspecified atom stereocenters. The van der Waals surface area contributed by atoms with Gasteiger partial charge in [0, 0.05) is 21.6 Å². The summed E-state index contributed by atoms with van der Waals surface area (Å²) in [5.74, 6) is 0.620. The molecule has 2 aliphatic rings. The number of fused-ring (bicyclic) bond motifs is 1. The van der Waals surface area contributed by atoms with Crippen LogP contribution in [0.4, 0.5) is 0 Å². The van der Waals surface area contributed by atoms with Gasteiger partial charge in [0.05, 0.1) is 18.7 Å². The molecule has 0 spiro atoms. The van der Waals surface area contributed by atoms with Crippen LogP contribution in [0.2, 0.25) is 10.0 Å². The first-order valence-corrected chi connectivity index (χ1v) is 8.25. The summed E-state index contributed by atoms with van der Waals surface area (Å²) in [5, 5.41) is 13.9. The first-order valence-electron chi connectivity index (χ1n) is 7.49. The lowest BCUT2D eigenvalue weighted by Crippen LogP contribution is -2.38. The molecule has 1 aromatic rings. The van der Waals surface area contributed by atoms with Crippen molar-refractivity contribution in [3.8, 4) is 5.75 Å². The van der Waals surface area contributed by atoms with Crippen molar-refractivity contribution in [1.82, 2.24) is 0 Å². The second kappa shape index (κ2) is 5.67. The number of ether oxygens (including phenoxy) is 1. The Labute approximate surface area is 146 Å². The molecule has 0 radical (unpaired) electrons. The number of hydrogen-bond donors (Lipinski definition) is 0. The van der Waals surface area contributed by atoms with Crippen LogP contribution in [0.3, 0.4) is 0 Å². The number of allylic oxidation sites excluding steroid dienone is 3. The summed E-state index contributed by atoms with van der Waals surface area (Å²) >= 11 is 12.6. The molecule has 0 bridgehead atoms. The van der Waals surface area contributed by atoms with E-state index in [1.807, 2.05) is 18.2 Å². The Hall–Kier alpha value is -1.26. The van der Waals surface area contributed by atoms with Gasteiger partial charge in [-0.2, -0.15) is 0 Å². The average Bonchev–Trinajstić information content (AvgIpc) is 2.55. The fourth-order valence-corrected chi connectivity index (χ4v) is 3.49. The van der Waals surface area contributed by atoms with Crippen LogP contribution in [0.25, 0.3) is 5.57 Å². The SMILES string of the molecule is CC1(C)C=C(C2=CC=CC[N+]2(C)[O-])c2c(Cl)cc(Cl)cc2OC1. The number of hydroxylamine groups is 3. The van der Waals surface area contributed by atoms with Gasteiger partial charge >= 0.3 is 0 Å². The van der Waals surface area contributed by atoms with Crippen molar-refractivity contribution in [3.63, 3.8) is 0 Å². The summed E-state index contributed by atoms with van der Waals surface area (Å²) in [6.45, 7) is 5.03. The smallest absolute Gasteiger partial charge is 0.140 e. The molecular formula is C18H19Cl2NO2. The van der Waals surface area contributed by atoms with E-state index in [9.17, 15) is 5.21 Å². The summed E-state index contributed by atoms with van der Waals surface area (Å²) in [7, 11) is 1.65. The Balaban J connectivity index is 2.27. The van der Waals surface area contributed by atoms with Gasteiger partial charge in [-0.05, 0) is 24.3 Å². The zero-order valence-corrected chi connectivity index (χ0v) is 14.9. The lowest BCUT2D eigenvalue weighted by Gasteiger charge is -2.41. The van der Waals surface area contributed by atoms with Gasteiger partial charge in [-0.15, -0.1) is 0 Å². The van der Waals surface area contributed by atoms with Crippen LogP contribution in [0.5, 0.6) is 5.75 Å². The van der Waals surface area contributed by atoms with Crippen molar-refractivity contribution in [1.29, 1.82) is 0 Å². The van der Waals surface area contributed by atoms with Gasteiger partial charge < -0.3 is 14.6 Å². The van der Waals surface area contributed by atoms with Crippen molar-refractivity contribution < 1.29 is 9.38 Å². The lowest BCUT2D eigenvalue weighted by atomic mass is 9.88. The van der Waals surface area contributed by atoms with Gasteiger partial charge in [0.1, 0.15) is 18.0 Å². The molecule has 122 valence electrons. The Morgan fingerprint density at radius 1 is 1.26 bits per heavy atom. The Morgan fingerprint density at radius 3 is 2.70 bits per heavy atom. The molecule has 1 atom stereocenters. The number of halogens is 2. The number of benzene rings is 1. The van der Waals surface area contributed by atoms with E-state index in [2.05, 4.69) is 19.9 Å². The highest BCUT2D eigenvalue weighted by Crippen LogP contribution is 2.45. The Kier molecular flexibility index (Phi) is 4.09. The maximum absolute atomic E-state index is 12.9. The van der Waals surface area contributed by atoms with Gasteiger partial charge in [0.25, 0.3) is 0 Å². The van der Waals surface area contributed by atoms with Crippen molar-refractivity contribution in [2.24, 2.45) is 5.41 Å². The molecule has 0 aromatic heterocycles. The molecular weight excluding hydrogens is 333 g/mol. The summed E-state index contributed by atoms with van der Waals surface area (Å²) < 4.78 is 5.46. The number of hydrogen-bond acceptors (Lipinski definition) is 2. The van der Waals surface area contributed by atoms with Gasteiger partial charge in [0.2, 0.25) is 0 Å². The number of nitrogens with zero attached hydrogens (tertiary/aromatic N) is 1.